The zero-order valence-corrected chi connectivity index (χ0v) is 19.4. The number of rotatable bonds is 5. The molecule has 1 N–H and O–H groups in total. The number of hydrogen-bond donors (Lipinski definition) is 1. The number of para-hydroxylation sites is 1. The Kier molecular flexibility index (Phi) is 6.26. The molecule has 1 aromatic heterocycles. The van der Waals surface area contributed by atoms with Gasteiger partial charge in [-0.3, -0.25) is 14.6 Å². The second kappa shape index (κ2) is 9.64. The normalized spacial score (nSPS) is 22.0. The predicted molar refractivity (Wildman–Crippen MR) is 135 cm³/mol. The zero-order chi connectivity index (χ0) is 23.5. The van der Waals surface area contributed by atoms with Crippen molar-refractivity contribution in [3.05, 3.63) is 96.2 Å². The van der Waals surface area contributed by atoms with Gasteiger partial charge in [0, 0.05) is 30.7 Å². The van der Waals surface area contributed by atoms with Gasteiger partial charge >= 0.3 is 0 Å². The van der Waals surface area contributed by atoms with Gasteiger partial charge in [-0.05, 0) is 42.0 Å². The van der Waals surface area contributed by atoms with E-state index < -0.39 is 0 Å². The lowest BCUT2D eigenvalue weighted by molar-refractivity contribution is -0.135. The van der Waals surface area contributed by atoms with Crippen molar-refractivity contribution in [2.75, 3.05) is 13.1 Å². The zero-order valence-electron chi connectivity index (χ0n) is 19.4. The lowest BCUT2D eigenvalue weighted by atomic mass is 9.79. The number of hydrogen-bond acceptors (Lipinski definition) is 3. The molecule has 3 aromatic rings. The number of nitrogens with one attached hydrogen (secondary N) is 1. The van der Waals surface area contributed by atoms with Gasteiger partial charge in [-0.2, -0.15) is 0 Å². The molecule has 2 aliphatic rings. The van der Waals surface area contributed by atoms with Gasteiger partial charge in [0.05, 0.1) is 17.0 Å². The third kappa shape index (κ3) is 4.26. The van der Waals surface area contributed by atoms with E-state index in [-0.39, 0.29) is 29.7 Å². The van der Waals surface area contributed by atoms with Crippen molar-refractivity contribution in [1.29, 1.82) is 0 Å². The topological polar surface area (TPSA) is 62.3 Å². The van der Waals surface area contributed by atoms with Crippen LogP contribution < -0.4 is 5.32 Å². The van der Waals surface area contributed by atoms with Crippen molar-refractivity contribution in [3.63, 3.8) is 0 Å². The number of carbonyl (C=O) groups is 2. The van der Waals surface area contributed by atoms with Crippen molar-refractivity contribution in [2.45, 2.75) is 25.8 Å². The van der Waals surface area contributed by atoms with E-state index in [1.807, 2.05) is 47.4 Å². The Labute approximate surface area is 200 Å². The largest absolute Gasteiger partial charge is 0.350 e. The Morgan fingerprint density at radius 1 is 1.06 bits per heavy atom. The molecule has 34 heavy (non-hydrogen) atoms. The van der Waals surface area contributed by atoms with Crippen molar-refractivity contribution in [2.24, 2.45) is 11.8 Å². The molecule has 0 spiro atoms. The number of fused-ring (bicyclic) bond motifs is 1. The first-order valence-corrected chi connectivity index (χ1v) is 12.0. The number of benzene rings is 2. The highest BCUT2D eigenvalue weighted by Gasteiger charge is 2.37. The van der Waals surface area contributed by atoms with Gasteiger partial charge in [-0.15, -0.1) is 0 Å². The summed E-state index contributed by atoms with van der Waals surface area (Å²) >= 11 is 0. The molecule has 5 heteroatoms. The summed E-state index contributed by atoms with van der Waals surface area (Å²) in [7, 11) is 0. The molecule has 0 saturated carbocycles. The number of carbonyl (C=O) groups excluding carboxylic acids is 2. The Hall–Kier alpha value is -3.73. The van der Waals surface area contributed by atoms with E-state index in [1.165, 1.54) is 0 Å². The van der Waals surface area contributed by atoms with Gasteiger partial charge in [-0.1, -0.05) is 73.7 Å². The fourth-order valence-corrected chi connectivity index (χ4v) is 5.21. The molecule has 2 aromatic carbocycles. The Morgan fingerprint density at radius 2 is 1.88 bits per heavy atom. The van der Waals surface area contributed by atoms with Gasteiger partial charge in [0.15, 0.2) is 0 Å². The van der Waals surface area contributed by atoms with Gasteiger partial charge in [0.25, 0.3) is 5.91 Å². The minimum absolute atomic E-state index is 0.00508. The summed E-state index contributed by atoms with van der Waals surface area (Å²) in [4.78, 5) is 33.2. The van der Waals surface area contributed by atoms with E-state index in [0.29, 0.717) is 17.6 Å². The van der Waals surface area contributed by atoms with E-state index in [4.69, 9.17) is 0 Å². The molecule has 172 valence electrons. The van der Waals surface area contributed by atoms with Gasteiger partial charge in [0.1, 0.15) is 0 Å². The maximum Gasteiger partial charge on any atom is 0.253 e. The minimum Gasteiger partial charge on any atom is -0.350 e. The van der Waals surface area contributed by atoms with Crippen LogP contribution in [-0.4, -0.2) is 40.8 Å². The number of nitrogens with zero attached hydrogens (tertiary/aromatic N) is 2. The highest BCUT2D eigenvalue weighted by Crippen LogP contribution is 2.36. The highest BCUT2D eigenvalue weighted by atomic mass is 16.2. The monoisotopic (exact) mass is 451 g/mol. The first kappa shape index (κ1) is 22.1. The molecule has 1 aliphatic carbocycles. The maximum absolute atomic E-state index is 13.8. The predicted octanol–water partition coefficient (Wildman–Crippen LogP) is 4.86. The van der Waals surface area contributed by atoms with Crippen LogP contribution >= 0.6 is 0 Å². The molecular formula is C29H29N3O2. The highest BCUT2D eigenvalue weighted by molar-refractivity contribution is 6.05. The fraction of sp³-hybridized carbons (Fsp3) is 0.276. The Balaban J connectivity index is 1.31. The van der Waals surface area contributed by atoms with E-state index >= 15 is 0 Å². The molecule has 2 heterocycles. The van der Waals surface area contributed by atoms with E-state index in [1.54, 1.807) is 12.3 Å². The number of amides is 2. The smallest absolute Gasteiger partial charge is 0.253 e. The molecule has 5 nitrogen and oxygen atoms in total. The Morgan fingerprint density at radius 3 is 2.74 bits per heavy atom. The summed E-state index contributed by atoms with van der Waals surface area (Å²) in [6.07, 6.45) is 9.77. The molecular weight excluding hydrogens is 422 g/mol. The third-order valence-corrected chi connectivity index (χ3v) is 6.96. The molecule has 3 atom stereocenters. The van der Waals surface area contributed by atoms with Crippen LogP contribution in [0, 0.1) is 11.8 Å². The summed E-state index contributed by atoms with van der Waals surface area (Å²) in [6.45, 7) is 3.27. The van der Waals surface area contributed by atoms with Crippen LogP contribution in [0.4, 0.5) is 0 Å². The quantitative estimate of drug-likeness (QED) is 0.603. The molecule has 1 fully saturated rings. The van der Waals surface area contributed by atoms with Crippen LogP contribution in [0.15, 0.2) is 85.1 Å². The number of pyridine rings is 1. The molecule has 0 bridgehead atoms. The Bertz CT molecular complexity index is 1260. The van der Waals surface area contributed by atoms with Crippen LogP contribution in [0.2, 0.25) is 0 Å². The molecule has 0 radical (unpaired) electrons. The molecule has 5 rings (SSSR count). The molecule has 2 amide bonds. The summed E-state index contributed by atoms with van der Waals surface area (Å²) < 4.78 is 0. The second-order valence-electron chi connectivity index (χ2n) is 9.13. The average Bonchev–Trinajstić information content (AvgIpc) is 3.35. The number of likely N-dealkylation sites (tertiary alicyclic amines) is 1. The van der Waals surface area contributed by atoms with E-state index in [9.17, 15) is 9.59 Å². The van der Waals surface area contributed by atoms with Crippen LogP contribution in [-0.2, 0) is 4.79 Å². The van der Waals surface area contributed by atoms with Gasteiger partial charge < -0.3 is 10.2 Å². The second-order valence-corrected chi connectivity index (χ2v) is 9.13. The maximum atomic E-state index is 13.8. The molecule has 1 saturated heterocycles. The molecule has 1 aliphatic heterocycles. The lowest BCUT2D eigenvalue weighted by Gasteiger charge is -2.33. The average molecular weight is 452 g/mol. The first-order chi connectivity index (χ1) is 16.6. The van der Waals surface area contributed by atoms with Crippen molar-refractivity contribution < 1.29 is 9.59 Å². The first-order valence-electron chi connectivity index (χ1n) is 12.0. The van der Waals surface area contributed by atoms with Crippen LogP contribution in [0.5, 0.6) is 0 Å². The number of allylic oxidation sites excluding steroid dienone is 3. The van der Waals surface area contributed by atoms with Crippen LogP contribution in [0.3, 0.4) is 0 Å². The summed E-state index contributed by atoms with van der Waals surface area (Å²) in [6, 6.07) is 19.6. The van der Waals surface area contributed by atoms with Crippen LogP contribution in [0.1, 0.15) is 35.7 Å². The molecule has 3 unspecified atom stereocenters. The minimum atomic E-state index is -0.217. The van der Waals surface area contributed by atoms with Crippen molar-refractivity contribution in [1.82, 2.24) is 15.2 Å². The summed E-state index contributed by atoms with van der Waals surface area (Å²) in [5.41, 5.74) is 3.42. The van der Waals surface area contributed by atoms with Crippen LogP contribution in [0.25, 0.3) is 16.5 Å². The third-order valence-electron chi connectivity index (χ3n) is 6.96. The summed E-state index contributed by atoms with van der Waals surface area (Å²) in [5, 5.41) is 4.01. The standard InChI is InChI=1S/C29H29N3O2/c1-20-9-5-15-24(21-10-3-2-4-11-21)26(20)29(34)32-18-8-14-23(32)19-31-28(33)25-16-6-12-22-13-7-17-30-27(22)25/h2-7,9-13,15-17,20,23,26H,8,14,18-19H2,1H3,(H,31,33). The van der Waals surface area contributed by atoms with E-state index in [0.717, 1.165) is 35.9 Å². The summed E-state index contributed by atoms with van der Waals surface area (Å²) in [5.74, 6) is -0.103. The van der Waals surface area contributed by atoms with Crippen molar-refractivity contribution >= 4 is 28.3 Å². The van der Waals surface area contributed by atoms with Crippen molar-refractivity contribution in [3.8, 4) is 0 Å². The van der Waals surface area contributed by atoms with Gasteiger partial charge in [0.2, 0.25) is 5.91 Å². The SMILES string of the molecule is CC1C=CC=C(c2ccccc2)C1C(=O)N1CCCC1CNC(=O)c1cccc2cccnc12. The lowest BCUT2D eigenvalue weighted by Crippen LogP contribution is -2.46. The fourth-order valence-electron chi connectivity index (χ4n) is 5.21. The van der Waals surface area contributed by atoms with Gasteiger partial charge in [-0.25, -0.2) is 0 Å². The number of aromatic nitrogens is 1. The van der Waals surface area contributed by atoms with E-state index in [2.05, 4.69) is 47.6 Å².